The molecule has 39 heavy (non-hydrogen) atoms. The Balaban J connectivity index is 1.29. The first kappa shape index (κ1) is 24.7. The smallest absolute Gasteiger partial charge is 0.339 e. The van der Waals surface area contributed by atoms with Crippen LogP contribution < -0.4 is 0 Å². The van der Waals surface area contributed by atoms with E-state index < -0.39 is 5.97 Å². The van der Waals surface area contributed by atoms with Gasteiger partial charge in [0.2, 0.25) is 0 Å². The van der Waals surface area contributed by atoms with E-state index in [1.54, 1.807) is 11.1 Å². The number of benzene rings is 3. The molecule has 0 N–H and O–H groups in total. The number of aryl methyl sites for hydroxylation is 1. The fraction of sp³-hybridized carbons (Fsp3) is 0.212. The molecule has 1 saturated carbocycles. The number of carbonyl (C=O) groups excluding carboxylic acids is 2. The SMILES string of the molecule is Cc1cc(C(=O)OCC(=O)N2N=C3/C(=C/c4ccccc4)CCC[C@@H]3[C@H]2c2ccccc2)c2ccccc2n1. The molecular weight excluding hydrogens is 486 g/mol. The molecule has 1 amide bonds. The zero-order valence-electron chi connectivity index (χ0n) is 21.8. The van der Waals surface area contributed by atoms with Crippen LogP contribution in [-0.2, 0) is 9.53 Å². The number of nitrogens with zero attached hydrogens (tertiary/aromatic N) is 3. The molecule has 2 atom stereocenters. The van der Waals surface area contributed by atoms with E-state index in [0.29, 0.717) is 22.2 Å². The highest BCUT2D eigenvalue weighted by molar-refractivity contribution is 6.08. The highest BCUT2D eigenvalue weighted by Crippen LogP contribution is 2.44. The molecular formula is C33H29N3O3. The third-order valence-corrected chi connectivity index (χ3v) is 7.43. The quantitative estimate of drug-likeness (QED) is 0.284. The van der Waals surface area contributed by atoms with Gasteiger partial charge in [-0.15, -0.1) is 0 Å². The second kappa shape index (κ2) is 10.7. The van der Waals surface area contributed by atoms with E-state index in [1.165, 1.54) is 0 Å². The van der Waals surface area contributed by atoms with E-state index in [0.717, 1.165) is 41.7 Å². The maximum Gasteiger partial charge on any atom is 0.339 e. The summed E-state index contributed by atoms with van der Waals surface area (Å²) in [5.41, 5.74) is 6.08. The lowest BCUT2D eigenvalue weighted by molar-refractivity contribution is -0.137. The molecule has 4 aromatic rings. The van der Waals surface area contributed by atoms with Gasteiger partial charge >= 0.3 is 5.97 Å². The number of amides is 1. The molecule has 1 aliphatic carbocycles. The van der Waals surface area contributed by atoms with Crippen LogP contribution in [0.25, 0.3) is 17.0 Å². The van der Waals surface area contributed by atoms with Crippen molar-refractivity contribution in [2.45, 2.75) is 32.2 Å². The number of carbonyl (C=O) groups is 2. The first-order valence-electron chi connectivity index (χ1n) is 13.3. The Morgan fingerprint density at radius 1 is 0.974 bits per heavy atom. The van der Waals surface area contributed by atoms with E-state index in [-0.39, 0.29) is 24.5 Å². The number of hydrogen-bond acceptors (Lipinski definition) is 5. The van der Waals surface area contributed by atoms with Crippen molar-refractivity contribution >= 4 is 34.6 Å². The van der Waals surface area contributed by atoms with E-state index >= 15 is 0 Å². The molecule has 0 unspecified atom stereocenters. The summed E-state index contributed by atoms with van der Waals surface area (Å²) in [6, 6.07) is 29.1. The lowest BCUT2D eigenvalue weighted by Crippen LogP contribution is -2.34. The van der Waals surface area contributed by atoms with Crippen molar-refractivity contribution in [3.8, 4) is 0 Å². The Bertz CT molecular complexity index is 1590. The molecule has 194 valence electrons. The zero-order valence-corrected chi connectivity index (χ0v) is 21.8. The molecule has 2 heterocycles. The molecule has 0 saturated heterocycles. The van der Waals surface area contributed by atoms with Crippen LogP contribution in [0.1, 0.15) is 52.5 Å². The molecule has 1 aliphatic heterocycles. The van der Waals surface area contributed by atoms with Crippen molar-refractivity contribution in [1.82, 2.24) is 9.99 Å². The Kier molecular flexibility index (Phi) is 6.76. The first-order chi connectivity index (χ1) is 19.1. The van der Waals surface area contributed by atoms with Gasteiger partial charge in [0.1, 0.15) is 0 Å². The zero-order chi connectivity index (χ0) is 26.8. The minimum absolute atomic E-state index is 0.0857. The minimum atomic E-state index is -0.546. The summed E-state index contributed by atoms with van der Waals surface area (Å²) in [5.74, 6) is -0.800. The van der Waals surface area contributed by atoms with E-state index in [9.17, 15) is 9.59 Å². The summed E-state index contributed by atoms with van der Waals surface area (Å²) in [6.45, 7) is 1.44. The number of hydrogen-bond donors (Lipinski definition) is 0. The molecule has 6 heteroatoms. The van der Waals surface area contributed by atoms with Gasteiger partial charge in [0.05, 0.1) is 22.8 Å². The van der Waals surface area contributed by atoms with Gasteiger partial charge < -0.3 is 4.74 Å². The van der Waals surface area contributed by atoms with Gasteiger partial charge in [0.25, 0.3) is 5.91 Å². The molecule has 0 bridgehead atoms. The van der Waals surface area contributed by atoms with Crippen LogP contribution in [0.2, 0.25) is 0 Å². The van der Waals surface area contributed by atoms with Gasteiger partial charge in [0, 0.05) is 17.0 Å². The fourth-order valence-corrected chi connectivity index (χ4v) is 5.69. The molecule has 1 aromatic heterocycles. The Labute approximate surface area is 227 Å². The molecule has 0 radical (unpaired) electrons. The molecule has 3 aromatic carbocycles. The van der Waals surface area contributed by atoms with Gasteiger partial charge in [-0.2, -0.15) is 5.10 Å². The molecule has 2 aliphatic rings. The number of allylic oxidation sites excluding steroid dienone is 1. The summed E-state index contributed by atoms with van der Waals surface area (Å²) in [4.78, 5) is 31.2. The highest BCUT2D eigenvalue weighted by Gasteiger charge is 2.43. The van der Waals surface area contributed by atoms with Crippen molar-refractivity contribution in [3.63, 3.8) is 0 Å². The van der Waals surface area contributed by atoms with Crippen LogP contribution in [-0.4, -0.2) is 34.2 Å². The van der Waals surface area contributed by atoms with Crippen LogP contribution in [0.5, 0.6) is 0 Å². The van der Waals surface area contributed by atoms with Crippen LogP contribution in [0.3, 0.4) is 0 Å². The number of hydrazone groups is 1. The number of ether oxygens (including phenoxy) is 1. The largest absolute Gasteiger partial charge is 0.452 e. The summed E-state index contributed by atoms with van der Waals surface area (Å²) >= 11 is 0. The van der Waals surface area contributed by atoms with Gasteiger partial charge in [-0.05, 0) is 61.1 Å². The fourth-order valence-electron chi connectivity index (χ4n) is 5.69. The lowest BCUT2D eigenvalue weighted by Gasteiger charge is -2.29. The third-order valence-electron chi connectivity index (χ3n) is 7.43. The van der Waals surface area contributed by atoms with Crippen molar-refractivity contribution in [2.24, 2.45) is 11.0 Å². The Morgan fingerprint density at radius 2 is 1.69 bits per heavy atom. The van der Waals surface area contributed by atoms with Gasteiger partial charge in [-0.25, -0.2) is 9.80 Å². The summed E-state index contributed by atoms with van der Waals surface area (Å²) in [5, 5.41) is 7.14. The average Bonchev–Trinajstić information content (AvgIpc) is 3.37. The van der Waals surface area contributed by atoms with Crippen LogP contribution in [0, 0.1) is 12.8 Å². The monoisotopic (exact) mass is 515 g/mol. The Hall–Kier alpha value is -4.58. The first-order valence-corrected chi connectivity index (χ1v) is 13.3. The minimum Gasteiger partial charge on any atom is -0.452 e. The highest BCUT2D eigenvalue weighted by atomic mass is 16.5. The predicted octanol–water partition coefficient (Wildman–Crippen LogP) is 6.52. The number of rotatable bonds is 5. The summed E-state index contributed by atoms with van der Waals surface area (Å²) in [6.07, 6.45) is 5.06. The van der Waals surface area contributed by atoms with Gasteiger partial charge in [0.15, 0.2) is 6.61 Å². The molecule has 0 spiro atoms. The van der Waals surface area contributed by atoms with Crippen LogP contribution in [0.15, 0.2) is 102 Å². The standard InChI is InChI=1S/C33H29N3O3/c1-22-19-28(26-16-8-9-18-29(26)34-22)33(38)39-21-30(37)36-32(24-13-6-3-7-14-24)27-17-10-15-25(31(27)35-36)20-23-11-4-2-5-12-23/h2-9,11-14,16,18-20,27,32H,10,15,17,21H2,1H3/b25-20+/t27-,32+/m0/s1. The van der Waals surface area contributed by atoms with Gasteiger partial charge in [-0.1, -0.05) is 78.9 Å². The average molecular weight is 516 g/mol. The maximum atomic E-state index is 13.6. The van der Waals surface area contributed by atoms with E-state index in [1.807, 2.05) is 79.7 Å². The van der Waals surface area contributed by atoms with Gasteiger partial charge in [-0.3, -0.25) is 9.78 Å². The number of fused-ring (bicyclic) bond motifs is 2. The van der Waals surface area contributed by atoms with Crippen molar-refractivity contribution in [1.29, 1.82) is 0 Å². The third kappa shape index (κ3) is 4.98. The molecule has 1 fully saturated rings. The number of pyridine rings is 1. The van der Waals surface area contributed by atoms with Crippen molar-refractivity contribution < 1.29 is 14.3 Å². The number of para-hydroxylation sites is 1. The summed E-state index contributed by atoms with van der Waals surface area (Å²) in [7, 11) is 0. The molecule has 6 nitrogen and oxygen atoms in total. The van der Waals surface area contributed by atoms with E-state index in [2.05, 4.69) is 23.2 Å². The molecule has 6 rings (SSSR count). The second-order valence-corrected chi connectivity index (χ2v) is 10.1. The lowest BCUT2D eigenvalue weighted by atomic mass is 9.77. The predicted molar refractivity (Wildman–Crippen MR) is 152 cm³/mol. The van der Waals surface area contributed by atoms with Crippen LogP contribution >= 0.6 is 0 Å². The van der Waals surface area contributed by atoms with Crippen LogP contribution in [0.4, 0.5) is 0 Å². The summed E-state index contributed by atoms with van der Waals surface area (Å²) < 4.78 is 5.58. The van der Waals surface area contributed by atoms with E-state index in [4.69, 9.17) is 9.84 Å². The maximum absolute atomic E-state index is 13.6. The van der Waals surface area contributed by atoms with Crippen molar-refractivity contribution in [3.05, 3.63) is 119 Å². The number of esters is 1. The topological polar surface area (TPSA) is 71.9 Å². The Morgan fingerprint density at radius 3 is 2.49 bits per heavy atom. The normalized spacial score (nSPS) is 19.6. The van der Waals surface area contributed by atoms with Crippen molar-refractivity contribution in [2.75, 3.05) is 6.61 Å². The number of aromatic nitrogens is 1. The second-order valence-electron chi connectivity index (χ2n) is 10.1.